The number of thiazole rings is 1. The molecular formula is C26H18BrN3OS. The molecule has 5 aromatic rings. The molecule has 0 aliphatic heterocycles. The van der Waals surface area contributed by atoms with Gasteiger partial charge in [0.05, 0.1) is 22.5 Å². The Hall–Kier alpha value is -3.35. The second kappa shape index (κ2) is 9.02. The van der Waals surface area contributed by atoms with Gasteiger partial charge in [0.2, 0.25) is 0 Å². The lowest BCUT2D eigenvalue weighted by atomic mass is 10.0. The predicted molar refractivity (Wildman–Crippen MR) is 134 cm³/mol. The number of carbonyl (C=O) groups excluding carboxylic acids is 1. The number of nitrogens with zero attached hydrogens (tertiary/aromatic N) is 3. The van der Waals surface area contributed by atoms with Gasteiger partial charge in [0.1, 0.15) is 0 Å². The average Bonchev–Trinajstić information content (AvgIpc) is 3.26. The lowest BCUT2D eigenvalue weighted by Crippen LogP contribution is -2.30. The Labute approximate surface area is 198 Å². The zero-order chi connectivity index (χ0) is 21.9. The van der Waals surface area contributed by atoms with E-state index in [1.54, 1.807) is 11.1 Å². The standard InChI is InChI=1S/C26H18BrN3OS/c27-21-13-14-23-24(16-21)32-26(29-23)30(17-22-8-4-5-15-28-22)25(31)20-11-9-19(10-12-20)18-6-2-1-3-7-18/h1-16H,17H2. The summed E-state index contributed by atoms with van der Waals surface area (Å²) in [6.07, 6.45) is 1.74. The molecule has 0 atom stereocenters. The molecule has 2 aromatic heterocycles. The molecule has 0 spiro atoms. The minimum atomic E-state index is -0.103. The first-order valence-electron chi connectivity index (χ1n) is 10.1. The molecule has 2 heterocycles. The highest BCUT2D eigenvalue weighted by Gasteiger charge is 2.22. The van der Waals surface area contributed by atoms with E-state index >= 15 is 0 Å². The van der Waals surface area contributed by atoms with Crippen LogP contribution in [0.25, 0.3) is 21.3 Å². The molecular weight excluding hydrogens is 482 g/mol. The Morgan fingerprint density at radius 3 is 2.38 bits per heavy atom. The minimum absolute atomic E-state index is 0.103. The fourth-order valence-corrected chi connectivity index (χ4v) is 4.99. The van der Waals surface area contributed by atoms with Crippen LogP contribution < -0.4 is 4.90 Å². The molecule has 3 aromatic carbocycles. The number of amides is 1. The van der Waals surface area contributed by atoms with Gasteiger partial charge in [0, 0.05) is 16.2 Å². The number of aromatic nitrogens is 2. The van der Waals surface area contributed by atoms with E-state index in [-0.39, 0.29) is 5.91 Å². The molecule has 156 valence electrons. The van der Waals surface area contributed by atoms with Crippen LogP contribution >= 0.6 is 27.3 Å². The molecule has 0 fully saturated rings. The third-order valence-corrected chi connectivity index (χ3v) is 6.63. The number of hydrogen-bond acceptors (Lipinski definition) is 4. The molecule has 0 radical (unpaired) electrons. The highest BCUT2D eigenvalue weighted by molar-refractivity contribution is 9.10. The maximum Gasteiger partial charge on any atom is 0.260 e. The second-order valence-electron chi connectivity index (χ2n) is 7.26. The highest BCUT2D eigenvalue weighted by atomic mass is 79.9. The quantitative estimate of drug-likeness (QED) is 0.262. The van der Waals surface area contributed by atoms with Gasteiger partial charge in [-0.05, 0) is 53.6 Å². The van der Waals surface area contributed by atoms with Crippen molar-refractivity contribution in [1.82, 2.24) is 9.97 Å². The number of benzene rings is 3. The van der Waals surface area contributed by atoms with Crippen molar-refractivity contribution in [3.8, 4) is 11.1 Å². The average molecular weight is 500 g/mol. The van der Waals surface area contributed by atoms with E-state index in [9.17, 15) is 4.79 Å². The summed E-state index contributed by atoms with van der Waals surface area (Å²) in [6.45, 7) is 0.348. The van der Waals surface area contributed by atoms with E-state index in [1.165, 1.54) is 11.3 Å². The summed E-state index contributed by atoms with van der Waals surface area (Å²) in [6, 6.07) is 29.5. The SMILES string of the molecule is O=C(c1ccc(-c2ccccc2)cc1)N(Cc1ccccn1)c1nc2ccc(Br)cc2s1. The van der Waals surface area contributed by atoms with Crippen LogP contribution in [-0.2, 0) is 6.54 Å². The van der Waals surface area contributed by atoms with Gasteiger partial charge in [0.15, 0.2) is 5.13 Å². The van der Waals surface area contributed by atoms with Crippen LogP contribution in [0.5, 0.6) is 0 Å². The molecule has 6 heteroatoms. The normalized spacial score (nSPS) is 10.9. The molecule has 0 saturated carbocycles. The molecule has 0 N–H and O–H groups in total. The first-order chi connectivity index (χ1) is 15.7. The topological polar surface area (TPSA) is 46.1 Å². The van der Waals surface area contributed by atoms with Gasteiger partial charge in [-0.2, -0.15) is 0 Å². The van der Waals surface area contributed by atoms with Crippen molar-refractivity contribution in [2.75, 3.05) is 4.90 Å². The number of fused-ring (bicyclic) bond motifs is 1. The number of anilines is 1. The molecule has 4 nitrogen and oxygen atoms in total. The number of pyridine rings is 1. The van der Waals surface area contributed by atoms with Crippen molar-refractivity contribution < 1.29 is 4.79 Å². The van der Waals surface area contributed by atoms with Crippen molar-refractivity contribution in [1.29, 1.82) is 0 Å². The zero-order valence-corrected chi connectivity index (χ0v) is 19.4. The highest BCUT2D eigenvalue weighted by Crippen LogP contribution is 2.32. The third kappa shape index (κ3) is 4.33. The van der Waals surface area contributed by atoms with Crippen molar-refractivity contribution >= 4 is 48.5 Å². The van der Waals surface area contributed by atoms with Crippen molar-refractivity contribution in [3.05, 3.63) is 113 Å². The molecule has 0 aliphatic rings. The van der Waals surface area contributed by atoms with Gasteiger partial charge < -0.3 is 0 Å². The predicted octanol–water partition coefficient (Wildman–Crippen LogP) is 6.97. The van der Waals surface area contributed by atoms with E-state index in [2.05, 4.69) is 33.0 Å². The molecule has 32 heavy (non-hydrogen) atoms. The zero-order valence-electron chi connectivity index (χ0n) is 17.0. The lowest BCUT2D eigenvalue weighted by molar-refractivity contribution is 0.0985. The molecule has 5 rings (SSSR count). The number of carbonyl (C=O) groups is 1. The summed E-state index contributed by atoms with van der Waals surface area (Å²) in [5.41, 5.74) is 4.48. The van der Waals surface area contributed by atoms with E-state index in [0.717, 1.165) is 31.5 Å². The smallest absolute Gasteiger partial charge is 0.260 e. The van der Waals surface area contributed by atoms with Crippen LogP contribution in [0.3, 0.4) is 0 Å². The van der Waals surface area contributed by atoms with Gasteiger partial charge in [0.25, 0.3) is 5.91 Å². The first-order valence-corrected chi connectivity index (χ1v) is 11.7. The van der Waals surface area contributed by atoms with Crippen molar-refractivity contribution in [2.24, 2.45) is 0 Å². The van der Waals surface area contributed by atoms with Gasteiger partial charge in [-0.15, -0.1) is 0 Å². The van der Waals surface area contributed by atoms with E-state index in [1.807, 2.05) is 78.9 Å². The fourth-order valence-electron chi connectivity index (χ4n) is 3.47. The maximum atomic E-state index is 13.6. The second-order valence-corrected chi connectivity index (χ2v) is 9.19. The van der Waals surface area contributed by atoms with Gasteiger partial charge in [-0.1, -0.05) is 75.8 Å². The number of rotatable bonds is 5. The van der Waals surface area contributed by atoms with E-state index < -0.39 is 0 Å². The first kappa shape index (κ1) is 20.5. The molecule has 0 unspecified atom stereocenters. The van der Waals surface area contributed by atoms with Gasteiger partial charge in [-0.3, -0.25) is 14.7 Å². The summed E-state index contributed by atoms with van der Waals surface area (Å²) >= 11 is 5.01. The Morgan fingerprint density at radius 2 is 1.62 bits per heavy atom. The van der Waals surface area contributed by atoms with Crippen LogP contribution in [0.4, 0.5) is 5.13 Å². The minimum Gasteiger partial charge on any atom is -0.278 e. The largest absolute Gasteiger partial charge is 0.278 e. The number of halogens is 1. The van der Waals surface area contributed by atoms with Gasteiger partial charge in [-0.25, -0.2) is 4.98 Å². The lowest BCUT2D eigenvalue weighted by Gasteiger charge is -2.20. The van der Waals surface area contributed by atoms with Crippen molar-refractivity contribution in [2.45, 2.75) is 6.54 Å². The Balaban J connectivity index is 1.51. The summed E-state index contributed by atoms with van der Waals surface area (Å²) in [4.78, 5) is 24.5. The Morgan fingerprint density at radius 1 is 0.875 bits per heavy atom. The van der Waals surface area contributed by atoms with E-state index in [0.29, 0.717) is 17.2 Å². The van der Waals surface area contributed by atoms with Crippen LogP contribution in [0.2, 0.25) is 0 Å². The molecule has 0 bridgehead atoms. The third-order valence-electron chi connectivity index (χ3n) is 5.10. The summed E-state index contributed by atoms with van der Waals surface area (Å²) in [5, 5.41) is 0.654. The monoisotopic (exact) mass is 499 g/mol. The van der Waals surface area contributed by atoms with Crippen molar-refractivity contribution in [3.63, 3.8) is 0 Å². The molecule has 0 saturated heterocycles. The Kier molecular flexibility index (Phi) is 5.79. The summed E-state index contributed by atoms with van der Waals surface area (Å²) < 4.78 is 2.01. The van der Waals surface area contributed by atoms with Crippen LogP contribution in [0.15, 0.2) is 102 Å². The number of hydrogen-bond donors (Lipinski definition) is 0. The summed E-state index contributed by atoms with van der Waals surface area (Å²) in [7, 11) is 0. The van der Waals surface area contributed by atoms with E-state index in [4.69, 9.17) is 4.98 Å². The summed E-state index contributed by atoms with van der Waals surface area (Å²) in [5.74, 6) is -0.103. The maximum absolute atomic E-state index is 13.6. The van der Waals surface area contributed by atoms with Gasteiger partial charge >= 0.3 is 0 Å². The fraction of sp³-hybridized carbons (Fsp3) is 0.0385. The molecule has 0 aliphatic carbocycles. The Bertz CT molecular complexity index is 1370. The van der Waals surface area contributed by atoms with Crippen LogP contribution in [0, 0.1) is 0 Å². The van der Waals surface area contributed by atoms with Crippen LogP contribution in [0.1, 0.15) is 16.1 Å². The molecule has 1 amide bonds. The van der Waals surface area contributed by atoms with Crippen LogP contribution in [-0.4, -0.2) is 15.9 Å².